The Labute approximate surface area is 153 Å². The van der Waals surface area contributed by atoms with Crippen molar-refractivity contribution in [3.05, 3.63) is 71.3 Å². The number of ether oxygens (including phenoxy) is 1. The fourth-order valence-electron chi connectivity index (χ4n) is 2.35. The van der Waals surface area contributed by atoms with Crippen LogP contribution in [0.5, 0.6) is 0 Å². The van der Waals surface area contributed by atoms with Crippen LogP contribution in [-0.2, 0) is 31.5 Å². The average molecular weight is 375 g/mol. The number of hydrogen-bond donors (Lipinski definition) is 1. The molecule has 1 amide bonds. The summed E-state index contributed by atoms with van der Waals surface area (Å²) in [6.45, 7) is 0.0637. The normalized spacial score (nSPS) is 11.0. The molecule has 2 rings (SSSR count). The molecule has 7 heteroatoms. The van der Waals surface area contributed by atoms with Gasteiger partial charge >= 0.3 is 5.97 Å². The molecule has 0 spiro atoms. The number of carbonyl (C=O) groups excluding carboxylic acids is 2. The molecule has 0 aliphatic heterocycles. The topological polar surface area (TPSA) is 89.5 Å². The summed E-state index contributed by atoms with van der Waals surface area (Å²) in [5.41, 5.74) is 1.81. The molecule has 0 saturated heterocycles. The zero-order valence-electron chi connectivity index (χ0n) is 14.5. The summed E-state index contributed by atoms with van der Waals surface area (Å²) in [6.07, 6.45) is 1.81. The van der Waals surface area contributed by atoms with Crippen LogP contribution in [0.4, 0.5) is 0 Å². The Morgan fingerprint density at radius 2 is 1.69 bits per heavy atom. The minimum Gasteiger partial charge on any atom is -0.452 e. The van der Waals surface area contributed by atoms with Crippen LogP contribution in [0.2, 0.25) is 0 Å². The number of esters is 1. The van der Waals surface area contributed by atoms with Crippen LogP contribution in [0.1, 0.15) is 21.5 Å². The second-order valence-corrected chi connectivity index (χ2v) is 8.07. The summed E-state index contributed by atoms with van der Waals surface area (Å²) in [5, 5.41) is 2.68. The molecule has 0 aliphatic carbocycles. The van der Waals surface area contributed by atoms with Gasteiger partial charge in [-0.1, -0.05) is 42.5 Å². The van der Waals surface area contributed by atoms with E-state index in [0.29, 0.717) is 18.5 Å². The summed E-state index contributed by atoms with van der Waals surface area (Å²) >= 11 is 0. The molecule has 0 unspecified atom stereocenters. The molecular formula is C19H21NO5S. The molecular weight excluding hydrogens is 354 g/mol. The Bertz CT molecular complexity index is 863. The number of sulfone groups is 1. The fraction of sp³-hybridized carbons (Fsp3) is 0.263. The van der Waals surface area contributed by atoms with E-state index in [1.54, 1.807) is 12.1 Å². The van der Waals surface area contributed by atoms with Gasteiger partial charge in [-0.15, -0.1) is 0 Å². The van der Waals surface area contributed by atoms with Crippen molar-refractivity contribution in [2.75, 3.05) is 19.4 Å². The van der Waals surface area contributed by atoms with Crippen LogP contribution in [0.3, 0.4) is 0 Å². The average Bonchev–Trinajstić information content (AvgIpc) is 2.59. The van der Waals surface area contributed by atoms with Crippen molar-refractivity contribution in [2.45, 2.75) is 12.2 Å². The SMILES string of the molecule is CS(=O)(=O)Cc1cccc(C(=O)OCC(=O)NCCc2ccccc2)c1. The maximum atomic E-state index is 12.0. The number of hydrogen-bond acceptors (Lipinski definition) is 5. The predicted molar refractivity (Wildman–Crippen MR) is 98.4 cm³/mol. The number of nitrogens with one attached hydrogen (secondary N) is 1. The third-order valence-corrected chi connectivity index (χ3v) is 4.36. The highest BCUT2D eigenvalue weighted by Crippen LogP contribution is 2.10. The van der Waals surface area contributed by atoms with E-state index in [2.05, 4.69) is 5.32 Å². The standard InChI is InChI=1S/C19H21NO5S/c1-26(23,24)14-16-8-5-9-17(12-16)19(22)25-13-18(21)20-11-10-15-6-3-2-4-7-15/h2-9,12H,10-11,13-14H2,1H3,(H,20,21). The maximum Gasteiger partial charge on any atom is 0.338 e. The molecule has 0 radical (unpaired) electrons. The van der Waals surface area contributed by atoms with Gasteiger partial charge in [0.15, 0.2) is 16.4 Å². The maximum absolute atomic E-state index is 12.0. The van der Waals surface area contributed by atoms with Crippen molar-refractivity contribution in [1.29, 1.82) is 0 Å². The molecule has 0 atom stereocenters. The van der Waals surface area contributed by atoms with Gasteiger partial charge in [-0.2, -0.15) is 0 Å². The molecule has 0 fully saturated rings. The third kappa shape index (κ3) is 7.06. The van der Waals surface area contributed by atoms with E-state index in [4.69, 9.17) is 4.74 Å². The molecule has 0 aromatic heterocycles. The van der Waals surface area contributed by atoms with Crippen molar-refractivity contribution >= 4 is 21.7 Å². The van der Waals surface area contributed by atoms with E-state index in [-0.39, 0.29) is 23.8 Å². The van der Waals surface area contributed by atoms with Crippen LogP contribution in [0.15, 0.2) is 54.6 Å². The molecule has 0 bridgehead atoms. The van der Waals surface area contributed by atoms with E-state index in [9.17, 15) is 18.0 Å². The molecule has 1 N–H and O–H groups in total. The van der Waals surface area contributed by atoms with E-state index in [1.165, 1.54) is 12.1 Å². The first kappa shape index (κ1) is 19.7. The van der Waals surface area contributed by atoms with Crippen molar-refractivity contribution < 1.29 is 22.7 Å². The first-order valence-electron chi connectivity index (χ1n) is 8.08. The van der Waals surface area contributed by atoms with Gasteiger partial charge in [0.1, 0.15) is 0 Å². The fourth-order valence-corrected chi connectivity index (χ4v) is 3.13. The lowest BCUT2D eigenvalue weighted by atomic mass is 10.1. The Kier molecular flexibility index (Phi) is 6.91. The lowest BCUT2D eigenvalue weighted by Gasteiger charge is -2.08. The monoisotopic (exact) mass is 375 g/mol. The zero-order chi connectivity index (χ0) is 19.0. The zero-order valence-corrected chi connectivity index (χ0v) is 15.3. The second-order valence-electron chi connectivity index (χ2n) is 5.93. The van der Waals surface area contributed by atoms with E-state index < -0.39 is 15.8 Å². The van der Waals surface area contributed by atoms with Crippen LogP contribution in [0, 0.1) is 0 Å². The molecule has 6 nitrogen and oxygen atoms in total. The minimum atomic E-state index is -3.19. The lowest BCUT2D eigenvalue weighted by molar-refractivity contribution is -0.124. The first-order valence-corrected chi connectivity index (χ1v) is 10.1. The quantitative estimate of drug-likeness (QED) is 0.710. The van der Waals surface area contributed by atoms with Gasteiger partial charge in [-0.05, 0) is 29.7 Å². The van der Waals surface area contributed by atoms with Gasteiger partial charge in [-0.25, -0.2) is 13.2 Å². The molecule has 2 aromatic carbocycles. The van der Waals surface area contributed by atoms with E-state index in [0.717, 1.165) is 11.8 Å². The van der Waals surface area contributed by atoms with Crippen molar-refractivity contribution in [3.8, 4) is 0 Å². The molecule has 0 saturated carbocycles. The summed E-state index contributed by atoms with van der Waals surface area (Å²) in [6, 6.07) is 15.9. The van der Waals surface area contributed by atoms with Crippen molar-refractivity contribution in [2.24, 2.45) is 0 Å². The highest BCUT2D eigenvalue weighted by atomic mass is 32.2. The molecule has 0 aliphatic rings. The Morgan fingerprint density at radius 3 is 2.38 bits per heavy atom. The first-order chi connectivity index (χ1) is 12.3. The molecule has 2 aromatic rings. The van der Waals surface area contributed by atoms with Crippen LogP contribution in [-0.4, -0.2) is 39.7 Å². The number of benzene rings is 2. The van der Waals surface area contributed by atoms with E-state index in [1.807, 2.05) is 30.3 Å². The number of rotatable bonds is 8. The number of carbonyl (C=O) groups is 2. The highest BCUT2D eigenvalue weighted by Gasteiger charge is 2.12. The van der Waals surface area contributed by atoms with Gasteiger partial charge in [0.25, 0.3) is 5.91 Å². The van der Waals surface area contributed by atoms with Crippen molar-refractivity contribution in [1.82, 2.24) is 5.32 Å². The Balaban J connectivity index is 1.79. The third-order valence-electron chi connectivity index (χ3n) is 3.50. The van der Waals surface area contributed by atoms with Gasteiger partial charge in [0, 0.05) is 12.8 Å². The van der Waals surface area contributed by atoms with Crippen LogP contribution < -0.4 is 5.32 Å². The molecule has 138 valence electrons. The van der Waals surface area contributed by atoms with Crippen molar-refractivity contribution in [3.63, 3.8) is 0 Å². The summed E-state index contributed by atoms with van der Waals surface area (Å²) in [4.78, 5) is 23.8. The number of amides is 1. The minimum absolute atomic E-state index is 0.159. The van der Waals surface area contributed by atoms with Crippen LogP contribution in [0.25, 0.3) is 0 Å². The van der Waals surface area contributed by atoms with Gasteiger partial charge in [0.05, 0.1) is 11.3 Å². The summed E-state index contributed by atoms with van der Waals surface area (Å²) < 4.78 is 27.6. The molecule has 0 heterocycles. The van der Waals surface area contributed by atoms with E-state index >= 15 is 0 Å². The predicted octanol–water partition coefficient (Wildman–Crippen LogP) is 1.75. The second kappa shape index (κ2) is 9.15. The van der Waals surface area contributed by atoms with Crippen LogP contribution >= 0.6 is 0 Å². The highest BCUT2D eigenvalue weighted by molar-refractivity contribution is 7.89. The Hall–Kier alpha value is -2.67. The summed E-state index contributed by atoms with van der Waals surface area (Å²) in [5.74, 6) is -1.21. The molecule has 26 heavy (non-hydrogen) atoms. The van der Waals surface area contributed by atoms with Gasteiger partial charge < -0.3 is 10.1 Å². The summed E-state index contributed by atoms with van der Waals surface area (Å²) in [7, 11) is -3.19. The smallest absolute Gasteiger partial charge is 0.338 e. The lowest BCUT2D eigenvalue weighted by Crippen LogP contribution is -2.30. The van der Waals surface area contributed by atoms with Gasteiger partial charge in [0.2, 0.25) is 0 Å². The largest absolute Gasteiger partial charge is 0.452 e. The Morgan fingerprint density at radius 1 is 1.00 bits per heavy atom. The van der Waals surface area contributed by atoms with Gasteiger partial charge in [-0.3, -0.25) is 4.79 Å².